The average molecular weight is 269 g/mol. The second-order valence-electron chi connectivity index (χ2n) is 4.24. The minimum atomic E-state index is -1.13. The lowest BCUT2D eigenvalue weighted by Gasteiger charge is -2.07. The monoisotopic (exact) mass is 269 g/mol. The van der Waals surface area contributed by atoms with E-state index < -0.39 is 5.97 Å². The third-order valence-electron chi connectivity index (χ3n) is 2.75. The summed E-state index contributed by atoms with van der Waals surface area (Å²) in [5.41, 5.74) is 5.31. The van der Waals surface area contributed by atoms with Gasteiger partial charge in [-0.25, -0.2) is 4.79 Å². The van der Waals surface area contributed by atoms with Crippen molar-refractivity contribution in [3.63, 3.8) is 0 Å². The van der Waals surface area contributed by atoms with Crippen molar-refractivity contribution >= 4 is 5.97 Å². The molecule has 0 saturated heterocycles. The highest BCUT2D eigenvalue weighted by atomic mass is 16.6. The Morgan fingerprint density at radius 3 is 2.25 bits per heavy atom. The van der Waals surface area contributed by atoms with Gasteiger partial charge in [0.25, 0.3) is 0 Å². The van der Waals surface area contributed by atoms with Gasteiger partial charge in [-0.3, -0.25) is 10.3 Å². The van der Waals surface area contributed by atoms with E-state index in [0.29, 0.717) is 0 Å². The Kier molecular flexibility index (Phi) is 4.52. The molecule has 0 aliphatic carbocycles. The summed E-state index contributed by atoms with van der Waals surface area (Å²) >= 11 is 0. The van der Waals surface area contributed by atoms with E-state index in [1.807, 2.05) is 54.6 Å². The molecule has 20 heavy (non-hydrogen) atoms. The topological polar surface area (TPSA) is 58.6 Å². The van der Waals surface area contributed by atoms with E-state index in [4.69, 9.17) is 9.94 Å². The molecule has 0 bridgehead atoms. The van der Waals surface area contributed by atoms with Crippen molar-refractivity contribution in [2.45, 2.75) is 6.61 Å². The van der Waals surface area contributed by atoms with Crippen LogP contribution in [0.3, 0.4) is 0 Å². The Balaban J connectivity index is 1.92. The highest BCUT2D eigenvalue weighted by Gasteiger charge is 2.03. The highest BCUT2D eigenvalue weighted by molar-refractivity contribution is 5.84. The van der Waals surface area contributed by atoms with Gasteiger partial charge in [-0.2, -0.15) is 0 Å². The molecule has 2 aromatic rings. The fraction of sp³-hybridized carbons (Fsp3) is 0.0625. The molecule has 0 unspecified atom stereocenters. The SMILES string of the molecule is C=C(NOCc1ccc(-c2ccccc2)cc1)C(=O)O. The zero-order valence-electron chi connectivity index (χ0n) is 10.9. The number of carbonyl (C=O) groups is 1. The predicted octanol–water partition coefficient (Wildman–Crippen LogP) is 2.97. The number of carboxylic acids is 1. The maximum atomic E-state index is 10.5. The molecule has 2 N–H and O–H groups in total. The average Bonchev–Trinajstić information content (AvgIpc) is 2.48. The first-order chi connectivity index (χ1) is 9.66. The van der Waals surface area contributed by atoms with Gasteiger partial charge < -0.3 is 5.11 Å². The van der Waals surface area contributed by atoms with Gasteiger partial charge in [0.15, 0.2) is 0 Å². The summed E-state index contributed by atoms with van der Waals surface area (Å²) in [6.45, 7) is 3.57. The van der Waals surface area contributed by atoms with E-state index in [-0.39, 0.29) is 12.3 Å². The van der Waals surface area contributed by atoms with Gasteiger partial charge in [0.2, 0.25) is 0 Å². The van der Waals surface area contributed by atoms with Crippen molar-refractivity contribution in [3.8, 4) is 11.1 Å². The van der Waals surface area contributed by atoms with Crippen LogP contribution in [-0.2, 0) is 16.2 Å². The lowest BCUT2D eigenvalue weighted by Crippen LogP contribution is -2.19. The molecule has 102 valence electrons. The number of hydroxylamine groups is 1. The van der Waals surface area contributed by atoms with Gasteiger partial charge >= 0.3 is 5.97 Å². The number of nitrogens with one attached hydrogen (secondary N) is 1. The van der Waals surface area contributed by atoms with Crippen molar-refractivity contribution in [2.24, 2.45) is 0 Å². The summed E-state index contributed by atoms with van der Waals surface area (Å²) in [5.74, 6) is -1.13. The maximum Gasteiger partial charge on any atom is 0.353 e. The summed E-state index contributed by atoms with van der Waals surface area (Å²) in [7, 11) is 0. The van der Waals surface area contributed by atoms with Gasteiger partial charge in [-0.05, 0) is 16.7 Å². The largest absolute Gasteiger partial charge is 0.477 e. The van der Waals surface area contributed by atoms with Crippen LogP contribution in [0.15, 0.2) is 66.9 Å². The van der Waals surface area contributed by atoms with E-state index >= 15 is 0 Å². The Morgan fingerprint density at radius 2 is 1.65 bits per heavy atom. The molecule has 0 fully saturated rings. The molecule has 0 radical (unpaired) electrons. The first-order valence-electron chi connectivity index (χ1n) is 6.11. The molecule has 0 atom stereocenters. The summed E-state index contributed by atoms with van der Waals surface area (Å²) in [5, 5.41) is 8.60. The molecule has 2 rings (SSSR count). The second-order valence-corrected chi connectivity index (χ2v) is 4.24. The Bertz CT molecular complexity index is 591. The number of carboxylic acid groups (broad SMARTS) is 1. The second kappa shape index (κ2) is 6.54. The summed E-state index contributed by atoms with van der Waals surface area (Å²) in [6.07, 6.45) is 0. The predicted molar refractivity (Wildman–Crippen MR) is 76.6 cm³/mol. The van der Waals surface area contributed by atoms with Gasteiger partial charge in [0.05, 0.1) is 6.61 Å². The van der Waals surface area contributed by atoms with Crippen LogP contribution in [-0.4, -0.2) is 11.1 Å². The molecule has 0 aliphatic heterocycles. The van der Waals surface area contributed by atoms with Crippen LogP contribution >= 0.6 is 0 Å². The van der Waals surface area contributed by atoms with E-state index in [0.717, 1.165) is 16.7 Å². The number of rotatable bonds is 6. The molecule has 0 spiro atoms. The van der Waals surface area contributed by atoms with E-state index in [1.165, 1.54) is 0 Å². The van der Waals surface area contributed by atoms with Crippen LogP contribution in [0.5, 0.6) is 0 Å². The quantitative estimate of drug-likeness (QED) is 0.625. The van der Waals surface area contributed by atoms with Crippen molar-refractivity contribution in [1.82, 2.24) is 5.48 Å². The molecule has 0 aliphatic rings. The fourth-order valence-corrected chi connectivity index (χ4v) is 1.67. The lowest BCUT2D eigenvalue weighted by atomic mass is 10.0. The summed E-state index contributed by atoms with van der Waals surface area (Å²) in [6, 6.07) is 17.9. The van der Waals surface area contributed by atoms with E-state index in [2.05, 4.69) is 12.1 Å². The zero-order valence-corrected chi connectivity index (χ0v) is 10.9. The van der Waals surface area contributed by atoms with Crippen molar-refractivity contribution in [1.29, 1.82) is 0 Å². The third-order valence-corrected chi connectivity index (χ3v) is 2.75. The molecular formula is C16H15NO3. The zero-order chi connectivity index (χ0) is 14.4. The molecule has 0 aromatic heterocycles. The first kappa shape index (κ1) is 13.8. The van der Waals surface area contributed by atoms with Crippen LogP contribution in [0.1, 0.15) is 5.56 Å². The van der Waals surface area contributed by atoms with Crippen molar-refractivity contribution in [3.05, 3.63) is 72.4 Å². The molecule has 4 heteroatoms. The summed E-state index contributed by atoms with van der Waals surface area (Å²) in [4.78, 5) is 15.6. The minimum absolute atomic E-state index is 0.189. The lowest BCUT2D eigenvalue weighted by molar-refractivity contribution is -0.134. The molecule has 2 aromatic carbocycles. The van der Waals surface area contributed by atoms with Gasteiger partial charge in [-0.15, -0.1) is 0 Å². The molecule has 0 amide bonds. The third kappa shape index (κ3) is 3.70. The number of benzene rings is 2. The highest BCUT2D eigenvalue weighted by Crippen LogP contribution is 2.19. The number of aliphatic carboxylic acids is 1. The number of hydrogen-bond donors (Lipinski definition) is 2. The number of hydrogen-bond acceptors (Lipinski definition) is 3. The Hall–Kier alpha value is -2.59. The molecular weight excluding hydrogens is 254 g/mol. The van der Waals surface area contributed by atoms with Crippen LogP contribution in [0, 0.1) is 0 Å². The summed E-state index contributed by atoms with van der Waals surface area (Å²) < 4.78 is 0. The van der Waals surface area contributed by atoms with Gasteiger partial charge in [-0.1, -0.05) is 61.2 Å². The smallest absolute Gasteiger partial charge is 0.353 e. The van der Waals surface area contributed by atoms with Gasteiger partial charge in [0.1, 0.15) is 5.70 Å². The van der Waals surface area contributed by atoms with Crippen LogP contribution < -0.4 is 5.48 Å². The fourth-order valence-electron chi connectivity index (χ4n) is 1.67. The van der Waals surface area contributed by atoms with Crippen LogP contribution in [0.25, 0.3) is 11.1 Å². The first-order valence-corrected chi connectivity index (χ1v) is 6.11. The molecule has 0 heterocycles. The maximum absolute atomic E-state index is 10.5. The van der Waals surface area contributed by atoms with Crippen molar-refractivity contribution < 1.29 is 14.7 Å². The van der Waals surface area contributed by atoms with Gasteiger partial charge in [0, 0.05) is 0 Å². The van der Waals surface area contributed by atoms with E-state index in [1.54, 1.807) is 0 Å². The molecule has 0 saturated carbocycles. The standard InChI is InChI=1S/C16H15NO3/c1-12(16(18)19)17-20-11-13-7-9-15(10-8-13)14-5-3-2-4-6-14/h2-10,17H,1,11H2,(H,18,19). The Labute approximate surface area is 117 Å². The van der Waals surface area contributed by atoms with E-state index in [9.17, 15) is 4.79 Å². The van der Waals surface area contributed by atoms with Crippen molar-refractivity contribution in [2.75, 3.05) is 0 Å². The molecule has 4 nitrogen and oxygen atoms in total. The van der Waals surface area contributed by atoms with Crippen LogP contribution in [0.4, 0.5) is 0 Å². The van der Waals surface area contributed by atoms with Crippen LogP contribution in [0.2, 0.25) is 0 Å². The normalized spacial score (nSPS) is 10.0. The minimum Gasteiger partial charge on any atom is -0.477 e. The Morgan fingerprint density at radius 1 is 1.05 bits per heavy atom.